The summed E-state index contributed by atoms with van der Waals surface area (Å²) in [7, 11) is 0. The van der Waals surface area contributed by atoms with Crippen molar-refractivity contribution in [3.63, 3.8) is 0 Å². The van der Waals surface area contributed by atoms with Gasteiger partial charge in [0.25, 0.3) is 0 Å². The Morgan fingerprint density at radius 1 is 1.14 bits per heavy atom. The Morgan fingerprint density at radius 3 is 2.58 bits per heavy atom. The zero-order chi connectivity index (χ0) is 25.1. The van der Waals surface area contributed by atoms with E-state index in [4.69, 9.17) is 9.72 Å². The van der Waals surface area contributed by atoms with Gasteiger partial charge in [0.15, 0.2) is 5.65 Å². The van der Waals surface area contributed by atoms with Gasteiger partial charge in [-0.15, -0.1) is 0 Å². The summed E-state index contributed by atoms with van der Waals surface area (Å²) in [5.41, 5.74) is -0.0503. The first-order valence-corrected chi connectivity index (χ1v) is 12.2. The lowest BCUT2D eigenvalue weighted by Gasteiger charge is -2.55. The highest BCUT2D eigenvalue weighted by molar-refractivity contribution is 5.89. The maximum absolute atomic E-state index is 13.4. The Bertz CT molecular complexity index is 1260. The third kappa shape index (κ3) is 4.16. The van der Waals surface area contributed by atoms with Crippen LogP contribution in [0.15, 0.2) is 30.5 Å². The molecule has 1 aliphatic carbocycles. The predicted molar refractivity (Wildman–Crippen MR) is 127 cm³/mol. The van der Waals surface area contributed by atoms with Crippen LogP contribution in [0.4, 0.5) is 24.9 Å². The van der Waals surface area contributed by atoms with E-state index < -0.39 is 11.7 Å². The van der Waals surface area contributed by atoms with Gasteiger partial charge in [0.2, 0.25) is 5.95 Å². The quantitative estimate of drug-likeness (QED) is 0.549. The SMILES string of the molecule is CC1(N2CCOCC2)CN(c2nc(NC3CC(O)C3)nc3c2cnn3-c2cccc(C(F)(F)F)c2)C1. The first kappa shape index (κ1) is 23.4. The second-order valence-corrected chi connectivity index (χ2v) is 10.1. The molecule has 36 heavy (non-hydrogen) atoms. The van der Waals surface area contributed by atoms with Gasteiger partial charge in [0.1, 0.15) is 5.82 Å². The van der Waals surface area contributed by atoms with Crippen LogP contribution in [0.5, 0.6) is 0 Å². The van der Waals surface area contributed by atoms with Gasteiger partial charge in [-0.05, 0) is 38.0 Å². The van der Waals surface area contributed by atoms with Crippen LogP contribution in [0.2, 0.25) is 0 Å². The van der Waals surface area contributed by atoms with E-state index in [1.807, 2.05) is 0 Å². The van der Waals surface area contributed by atoms with Crippen molar-refractivity contribution < 1.29 is 23.0 Å². The van der Waals surface area contributed by atoms with E-state index in [9.17, 15) is 18.3 Å². The van der Waals surface area contributed by atoms with E-state index in [-0.39, 0.29) is 23.4 Å². The van der Waals surface area contributed by atoms with Gasteiger partial charge in [-0.1, -0.05) is 6.07 Å². The number of fused-ring (bicyclic) bond motifs is 1. The number of nitrogens with one attached hydrogen (secondary N) is 1. The van der Waals surface area contributed by atoms with Crippen molar-refractivity contribution in [1.29, 1.82) is 0 Å². The average Bonchev–Trinajstić information content (AvgIpc) is 3.25. The highest BCUT2D eigenvalue weighted by Gasteiger charge is 2.45. The van der Waals surface area contributed by atoms with Gasteiger partial charge in [-0.2, -0.15) is 28.2 Å². The lowest BCUT2D eigenvalue weighted by Crippen LogP contribution is -2.70. The Kier molecular flexibility index (Phi) is 5.58. The highest BCUT2D eigenvalue weighted by atomic mass is 19.4. The number of morpholine rings is 1. The van der Waals surface area contributed by atoms with Crippen LogP contribution in [0.1, 0.15) is 25.3 Å². The minimum atomic E-state index is -4.46. The normalized spacial score (nSPS) is 24.4. The molecule has 4 heterocycles. The average molecular weight is 504 g/mol. The number of alkyl halides is 3. The Morgan fingerprint density at radius 2 is 1.89 bits per heavy atom. The molecule has 1 saturated carbocycles. The molecule has 3 aromatic rings. The van der Waals surface area contributed by atoms with Crippen LogP contribution in [0, 0.1) is 0 Å². The number of halogens is 3. The number of hydrogen-bond donors (Lipinski definition) is 2. The zero-order valence-corrected chi connectivity index (χ0v) is 19.9. The van der Waals surface area contributed by atoms with Crippen LogP contribution >= 0.6 is 0 Å². The molecular weight excluding hydrogens is 475 g/mol. The van der Waals surface area contributed by atoms with Gasteiger partial charge in [-0.25, -0.2) is 4.68 Å². The van der Waals surface area contributed by atoms with Crippen molar-refractivity contribution in [2.75, 3.05) is 49.6 Å². The number of nitrogens with zero attached hydrogens (tertiary/aromatic N) is 6. The molecule has 0 spiro atoms. The summed E-state index contributed by atoms with van der Waals surface area (Å²) >= 11 is 0. The van der Waals surface area contributed by atoms with Crippen LogP contribution in [0.25, 0.3) is 16.7 Å². The molecule has 9 nitrogen and oxygen atoms in total. The highest BCUT2D eigenvalue weighted by Crippen LogP contribution is 2.37. The smallest absolute Gasteiger partial charge is 0.393 e. The van der Waals surface area contributed by atoms with E-state index in [0.717, 1.165) is 51.5 Å². The third-order valence-corrected chi connectivity index (χ3v) is 7.41. The fraction of sp³-hybridized carbons (Fsp3) is 0.542. The largest absolute Gasteiger partial charge is 0.416 e. The van der Waals surface area contributed by atoms with E-state index in [1.54, 1.807) is 12.3 Å². The predicted octanol–water partition coefficient (Wildman–Crippen LogP) is 2.68. The number of benzene rings is 1. The molecular formula is C24H28F3N7O2. The summed E-state index contributed by atoms with van der Waals surface area (Å²) in [6.07, 6.45) is -1.99. The molecule has 192 valence electrons. The topological polar surface area (TPSA) is 91.6 Å². The van der Waals surface area contributed by atoms with Crippen molar-refractivity contribution in [3.8, 4) is 5.69 Å². The summed E-state index contributed by atoms with van der Waals surface area (Å²) in [5.74, 6) is 1.08. The lowest BCUT2D eigenvalue weighted by atomic mass is 9.89. The van der Waals surface area contributed by atoms with Crippen molar-refractivity contribution in [2.45, 2.75) is 43.6 Å². The minimum absolute atomic E-state index is 0.0102. The number of aromatic nitrogens is 4. The summed E-state index contributed by atoms with van der Waals surface area (Å²) < 4.78 is 47.0. The van der Waals surface area contributed by atoms with E-state index in [2.05, 4.69) is 32.1 Å². The fourth-order valence-electron chi connectivity index (χ4n) is 5.32. The fourth-order valence-corrected chi connectivity index (χ4v) is 5.32. The van der Waals surface area contributed by atoms with Crippen LogP contribution < -0.4 is 10.2 Å². The molecule has 0 bridgehead atoms. The van der Waals surface area contributed by atoms with Gasteiger partial charge in [0, 0.05) is 32.2 Å². The van der Waals surface area contributed by atoms with Gasteiger partial charge in [0.05, 0.1) is 47.7 Å². The molecule has 0 unspecified atom stereocenters. The summed E-state index contributed by atoms with van der Waals surface area (Å²) in [6.45, 7) is 6.96. The van der Waals surface area contributed by atoms with Crippen LogP contribution in [-0.4, -0.2) is 86.8 Å². The molecule has 0 atom stereocenters. The van der Waals surface area contributed by atoms with Crippen molar-refractivity contribution >= 4 is 22.8 Å². The molecule has 12 heteroatoms. The number of aliphatic hydroxyl groups is 1. The third-order valence-electron chi connectivity index (χ3n) is 7.41. The summed E-state index contributed by atoms with van der Waals surface area (Å²) in [6, 6.07) is 5.11. The molecule has 3 fully saturated rings. The molecule has 3 aliphatic rings. The second kappa shape index (κ2) is 8.56. The van der Waals surface area contributed by atoms with Gasteiger partial charge >= 0.3 is 6.18 Å². The van der Waals surface area contributed by atoms with Crippen LogP contribution in [-0.2, 0) is 10.9 Å². The summed E-state index contributed by atoms with van der Waals surface area (Å²) in [5, 5.41) is 18.0. The number of aliphatic hydroxyl groups excluding tert-OH is 1. The lowest BCUT2D eigenvalue weighted by molar-refractivity contribution is -0.137. The first-order valence-electron chi connectivity index (χ1n) is 12.2. The van der Waals surface area contributed by atoms with E-state index >= 15 is 0 Å². The molecule has 2 N–H and O–H groups in total. The van der Waals surface area contributed by atoms with Crippen molar-refractivity contribution in [1.82, 2.24) is 24.6 Å². The molecule has 2 saturated heterocycles. The molecule has 2 aliphatic heterocycles. The number of ether oxygens (including phenoxy) is 1. The minimum Gasteiger partial charge on any atom is -0.393 e. The Hall–Kier alpha value is -2.96. The monoisotopic (exact) mass is 503 g/mol. The van der Waals surface area contributed by atoms with E-state index in [1.165, 1.54) is 10.7 Å². The number of hydrogen-bond acceptors (Lipinski definition) is 8. The number of rotatable bonds is 5. The van der Waals surface area contributed by atoms with E-state index in [0.29, 0.717) is 35.6 Å². The molecule has 0 radical (unpaired) electrons. The van der Waals surface area contributed by atoms with Crippen molar-refractivity contribution in [3.05, 3.63) is 36.0 Å². The second-order valence-electron chi connectivity index (χ2n) is 10.1. The van der Waals surface area contributed by atoms with Crippen LogP contribution in [0.3, 0.4) is 0 Å². The maximum Gasteiger partial charge on any atom is 0.416 e. The standard InChI is InChI=1S/C24H28F3N7O2/c1-23(33-5-7-36-8-6-33)13-32(14-23)20-19-12-28-34(17-4-2-3-15(9-17)24(25,26)27)21(19)31-22(30-20)29-16-10-18(35)11-16/h2-4,9,12,16,18,35H,5-8,10-11,13-14H2,1H3,(H,29,30,31). The molecule has 6 rings (SSSR count). The number of anilines is 2. The summed E-state index contributed by atoms with van der Waals surface area (Å²) in [4.78, 5) is 14.0. The molecule has 1 aromatic carbocycles. The molecule has 0 amide bonds. The maximum atomic E-state index is 13.4. The van der Waals surface area contributed by atoms with Gasteiger partial charge < -0.3 is 20.1 Å². The Labute approximate surface area is 205 Å². The molecule has 2 aromatic heterocycles. The van der Waals surface area contributed by atoms with Crippen molar-refractivity contribution in [2.24, 2.45) is 0 Å². The zero-order valence-electron chi connectivity index (χ0n) is 19.9. The first-order chi connectivity index (χ1) is 17.2. The Balaban J connectivity index is 1.36. The van der Waals surface area contributed by atoms with Gasteiger partial charge in [-0.3, -0.25) is 4.90 Å².